The Bertz CT molecular complexity index is 742. The monoisotopic (exact) mass is 358 g/mol. The van der Waals surface area contributed by atoms with Crippen LogP contribution in [0.2, 0.25) is 0 Å². The van der Waals surface area contributed by atoms with E-state index >= 15 is 0 Å². The number of fused-ring (bicyclic) bond motifs is 1. The van der Waals surface area contributed by atoms with Crippen molar-refractivity contribution in [3.8, 4) is 0 Å². The molecular weight excluding hydrogens is 332 g/mol. The van der Waals surface area contributed by atoms with E-state index in [1.165, 1.54) is 0 Å². The van der Waals surface area contributed by atoms with E-state index in [2.05, 4.69) is 6.07 Å². The Kier molecular flexibility index (Phi) is 4.08. The fraction of sp³-hybridized carbons (Fsp3) is 0.600. The molecule has 140 valence electrons. The zero-order valence-electron chi connectivity index (χ0n) is 15.7. The lowest BCUT2D eigenvalue weighted by Crippen LogP contribution is -2.50. The first-order valence-electron chi connectivity index (χ1n) is 9.31. The number of carbonyl (C=O) groups excluding carboxylic acids is 2. The second-order valence-corrected chi connectivity index (χ2v) is 8.03. The molecule has 2 fully saturated rings. The molecule has 1 aromatic rings. The topological polar surface area (TPSA) is 59.1 Å². The highest BCUT2D eigenvalue weighted by atomic mass is 16.7. The average Bonchev–Trinajstić information content (AvgIpc) is 3.13. The lowest BCUT2D eigenvalue weighted by Gasteiger charge is -2.38. The number of aryl methyl sites for hydroxylation is 1. The summed E-state index contributed by atoms with van der Waals surface area (Å²) in [5.74, 6) is -0.523. The van der Waals surface area contributed by atoms with Crippen molar-refractivity contribution in [2.45, 2.75) is 44.8 Å². The van der Waals surface area contributed by atoms with Crippen LogP contribution in [0.25, 0.3) is 0 Å². The van der Waals surface area contributed by atoms with E-state index in [9.17, 15) is 9.59 Å². The standard InChI is InChI=1S/C20H26N2O4/c1-14-4-5-16-15(12-14)19(2,3)18(24)22(16)13-17(23)21-8-6-20(7-9-21)25-10-11-26-20/h4-5,12H,6-11,13H2,1-3H3. The van der Waals surface area contributed by atoms with Crippen molar-refractivity contribution in [3.05, 3.63) is 29.3 Å². The highest BCUT2D eigenvalue weighted by molar-refractivity contribution is 6.10. The fourth-order valence-corrected chi connectivity index (χ4v) is 4.22. The SMILES string of the molecule is Cc1ccc2c(c1)C(C)(C)C(=O)N2CC(=O)N1CCC2(CC1)OCCO2. The summed E-state index contributed by atoms with van der Waals surface area (Å²) < 4.78 is 11.4. The highest BCUT2D eigenvalue weighted by Gasteiger charge is 2.46. The Labute approximate surface area is 154 Å². The number of amides is 2. The molecule has 0 radical (unpaired) electrons. The average molecular weight is 358 g/mol. The first-order chi connectivity index (χ1) is 12.3. The lowest BCUT2D eigenvalue weighted by molar-refractivity contribution is -0.187. The van der Waals surface area contributed by atoms with Crippen molar-refractivity contribution in [1.29, 1.82) is 0 Å². The van der Waals surface area contributed by atoms with Crippen LogP contribution in [0.5, 0.6) is 0 Å². The molecular formula is C20H26N2O4. The molecule has 6 heteroatoms. The van der Waals surface area contributed by atoms with Crippen LogP contribution in [0, 0.1) is 6.92 Å². The number of likely N-dealkylation sites (tertiary alicyclic amines) is 1. The van der Waals surface area contributed by atoms with Crippen molar-refractivity contribution >= 4 is 17.5 Å². The zero-order valence-corrected chi connectivity index (χ0v) is 15.7. The van der Waals surface area contributed by atoms with Crippen LogP contribution >= 0.6 is 0 Å². The molecule has 0 unspecified atom stereocenters. The third-order valence-corrected chi connectivity index (χ3v) is 5.88. The molecule has 3 heterocycles. The zero-order chi connectivity index (χ0) is 18.5. The van der Waals surface area contributed by atoms with Crippen LogP contribution in [0.1, 0.15) is 37.8 Å². The van der Waals surface area contributed by atoms with Gasteiger partial charge in [0.15, 0.2) is 5.79 Å². The van der Waals surface area contributed by atoms with E-state index in [0.717, 1.165) is 16.8 Å². The summed E-state index contributed by atoms with van der Waals surface area (Å²) in [6.07, 6.45) is 1.38. The van der Waals surface area contributed by atoms with Gasteiger partial charge in [-0.25, -0.2) is 0 Å². The predicted molar refractivity (Wildman–Crippen MR) is 97.0 cm³/mol. The van der Waals surface area contributed by atoms with Gasteiger partial charge in [0.05, 0.1) is 18.6 Å². The number of benzene rings is 1. The minimum Gasteiger partial charge on any atom is -0.347 e. The molecule has 0 saturated carbocycles. The largest absolute Gasteiger partial charge is 0.347 e. The summed E-state index contributed by atoms with van der Waals surface area (Å²) in [6, 6.07) is 6.00. The van der Waals surface area contributed by atoms with E-state index < -0.39 is 11.2 Å². The molecule has 0 bridgehead atoms. The summed E-state index contributed by atoms with van der Waals surface area (Å²) in [5, 5.41) is 0. The van der Waals surface area contributed by atoms with Gasteiger partial charge in [-0.2, -0.15) is 0 Å². The predicted octanol–water partition coefficient (Wildman–Crippen LogP) is 1.98. The summed E-state index contributed by atoms with van der Waals surface area (Å²) in [5.41, 5.74) is 2.38. The Morgan fingerprint density at radius 2 is 1.81 bits per heavy atom. The number of piperidine rings is 1. The highest BCUT2D eigenvalue weighted by Crippen LogP contribution is 2.42. The summed E-state index contributed by atoms with van der Waals surface area (Å²) in [6.45, 7) is 8.42. The van der Waals surface area contributed by atoms with Crippen molar-refractivity contribution < 1.29 is 19.1 Å². The quantitative estimate of drug-likeness (QED) is 0.811. The molecule has 0 aromatic heterocycles. The van der Waals surface area contributed by atoms with Gasteiger partial charge in [-0.3, -0.25) is 9.59 Å². The summed E-state index contributed by atoms with van der Waals surface area (Å²) in [4.78, 5) is 29.2. The Hall–Kier alpha value is -1.92. The second-order valence-electron chi connectivity index (χ2n) is 8.03. The van der Waals surface area contributed by atoms with E-state index in [4.69, 9.17) is 9.47 Å². The number of nitrogens with zero attached hydrogens (tertiary/aromatic N) is 2. The number of ether oxygens (including phenoxy) is 2. The molecule has 0 atom stereocenters. The van der Waals surface area contributed by atoms with E-state index in [1.54, 1.807) is 4.90 Å². The third-order valence-electron chi connectivity index (χ3n) is 5.88. The summed E-state index contributed by atoms with van der Waals surface area (Å²) >= 11 is 0. The van der Waals surface area contributed by atoms with Crippen LogP contribution in [0.4, 0.5) is 5.69 Å². The Balaban J connectivity index is 1.48. The number of carbonyl (C=O) groups is 2. The molecule has 2 amide bonds. The van der Waals surface area contributed by atoms with Crippen molar-refractivity contribution in [3.63, 3.8) is 0 Å². The van der Waals surface area contributed by atoms with Crippen LogP contribution in [-0.4, -0.2) is 55.3 Å². The van der Waals surface area contributed by atoms with Crippen LogP contribution < -0.4 is 4.90 Å². The molecule has 4 rings (SSSR count). The number of hydrogen-bond donors (Lipinski definition) is 0. The van der Waals surface area contributed by atoms with Gasteiger partial charge >= 0.3 is 0 Å². The fourth-order valence-electron chi connectivity index (χ4n) is 4.22. The molecule has 0 N–H and O–H groups in total. The molecule has 3 aliphatic rings. The van der Waals surface area contributed by atoms with Crippen molar-refractivity contribution in [1.82, 2.24) is 4.90 Å². The Morgan fingerprint density at radius 1 is 1.15 bits per heavy atom. The smallest absolute Gasteiger partial charge is 0.242 e. The molecule has 0 aliphatic carbocycles. The minimum atomic E-state index is -0.598. The number of rotatable bonds is 2. The molecule has 26 heavy (non-hydrogen) atoms. The van der Waals surface area contributed by atoms with Gasteiger partial charge in [0.2, 0.25) is 11.8 Å². The number of hydrogen-bond acceptors (Lipinski definition) is 4. The normalized spacial score (nSPS) is 23.6. The van der Waals surface area contributed by atoms with Gasteiger partial charge < -0.3 is 19.3 Å². The molecule has 1 aromatic carbocycles. The maximum Gasteiger partial charge on any atom is 0.242 e. The second kappa shape index (κ2) is 6.06. The maximum absolute atomic E-state index is 12.9. The van der Waals surface area contributed by atoms with Crippen LogP contribution in [-0.2, 0) is 24.5 Å². The summed E-state index contributed by atoms with van der Waals surface area (Å²) in [7, 11) is 0. The lowest BCUT2D eigenvalue weighted by atomic mass is 9.85. The van der Waals surface area contributed by atoms with E-state index in [-0.39, 0.29) is 18.4 Å². The minimum absolute atomic E-state index is 0.0117. The van der Waals surface area contributed by atoms with Gasteiger partial charge in [-0.15, -0.1) is 0 Å². The van der Waals surface area contributed by atoms with E-state index in [0.29, 0.717) is 39.1 Å². The van der Waals surface area contributed by atoms with Gasteiger partial charge in [-0.05, 0) is 32.4 Å². The van der Waals surface area contributed by atoms with Crippen molar-refractivity contribution in [2.24, 2.45) is 0 Å². The van der Waals surface area contributed by atoms with Gasteiger partial charge in [-0.1, -0.05) is 17.7 Å². The van der Waals surface area contributed by atoms with Crippen molar-refractivity contribution in [2.75, 3.05) is 37.7 Å². The molecule has 2 saturated heterocycles. The molecule has 1 spiro atoms. The van der Waals surface area contributed by atoms with Crippen LogP contribution in [0.15, 0.2) is 18.2 Å². The van der Waals surface area contributed by atoms with Gasteiger partial charge in [0.25, 0.3) is 0 Å². The first kappa shape index (κ1) is 17.5. The van der Waals surface area contributed by atoms with Gasteiger partial charge in [0, 0.05) is 31.6 Å². The third kappa shape index (κ3) is 2.72. The first-order valence-corrected chi connectivity index (χ1v) is 9.31. The maximum atomic E-state index is 12.9. The molecule has 6 nitrogen and oxygen atoms in total. The Morgan fingerprint density at radius 3 is 2.46 bits per heavy atom. The van der Waals surface area contributed by atoms with Gasteiger partial charge in [0.1, 0.15) is 6.54 Å². The van der Waals surface area contributed by atoms with E-state index in [1.807, 2.05) is 37.8 Å². The number of anilines is 1. The van der Waals surface area contributed by atoms with Crippen LogP contribution in [0.3, 0.4) is 0 Å². The molecule has 3 aliphatic heterocycles.